The van der Waals surface area contributed by atoms with Crippen LogP contribution in [0.2, 0.25) is 0 Å². The van der Waals surface area contributed by atoms with Crippen LogP contribution in [0.3, 0.4) is 0 Å². The molecule has 1 aliphatic carbocycles. The molecule has 0 aromatic carbocycles. The number of hydrogen-bond acceptors (Lipinski definition) is 2. The Kier molecular flexibility index (Phi) is 3.07. The second kappa shape index (κ2) is 4.49. The van der Waals surface area contributed by atoms with E-state index >= 15 is 0 Å². The molecule has 1 saturated carbocycles. The third-order valence-electron chi connectivity index (χ3n) is 3.09. The van der Waals surface area contributed by atoms with E-state index in [2.05, 4.69) is 10.3 Å². The predicted molar refractivity (Wildman–Crippen MR) is 58.3 cm³/mol. The van der Waals surface area contributed by atoms with E-state index < -0.39 is 0 Å². The van der Waals surface area contributed by atoms with Crippen LogP contribution >= 0.6 is 0 Å². The second-order valence-corrected chi connectivity index (χ2v) is 4.25. The minimum absolute atomic E-state index is 0.862. The van der Waals surface area contributed by atoms with Gasteiger partial charge < -0.3 is 9.88 Å². The van der Waals surface area contributed by atoms with Crippen LogP contribution in [0.25, 0.3) is 0 Å². The highest BCUT2D eigenvalue weighted by atomic mass is 15.2. The quantitative estimate of drug-likeness (QED) is 0.799. The fourth-order valence-electron chi connectivity index (χ4n) is 2.16. The minimum atomic E-state index is 0.862. The maximum atomic E-state index is 4.25. The van der Waals surface area contributed by atoms with E-state index in [9.17, 15) is 0 Å². The number of imidazole rings is 1. The first-order valence-electron chi connectivity index (χ1n) is 5.57. The molecule has 78 valence electrons. The second-order valence-electron chi connectivity index (χ2n) is 4.25. The van der Waals surface area contributed by atoms with Crippen molar-refractivity contribution >= 4 is 5.95 Å². The van der Waals surface area contributed by atoms with E-state index in [4.69, 9.17) is 0 Å². The number of aromatic nitrogens is 2. The predicted octanol–water partition coefficient (Wildman–Crippen LogP) is 2.41. The Morgan fingerprint density at radius 2 is 2.21 bits per heavy atom. The van der Waals surface area contributed by atoms with E-state index in [1.165, 1.54) is 32.1 Å². The average molecular weight is 193 g/mol. The normalized spacial score (nSPS) is 18.4. The Balaban J connectivity index is 1.79. The zero-order chi connectivity index (χ0) is 9.80. The Hall–Kier alpha value is -0.990. The summed E-state index contributed by atoms with van der Waals surface area (Å²) < 4.78 is 2.03. The Morgan fingerprint density at radius 3 is 2.86 bits per heavy atom. The van der Waals surface area contributed by atoms with E-state index in [1.54, 1.807) is 0 Å². The van der Waals surface area contributed by atoms with Gasteiger partial charge in [0.15, 0.2) is 0 Å². The molecule has 3 nitrogen and oxygen atoms in total. The molecule has 0 aliphatic heterocycles. The number of anilines is 1. The van der Waals surface area contributed by atoms with Crippen molar-refractivity contribution in [1.29, 1.82) is 0 Å². The van der Waals surface area contributed by atoms with Gasteiger partial charge in [0.1, 0.15) is 0 Å². The summed E-state index contributed by atoms with van der Waals surface area (Å²) in [5.74, 6) is 1.86. The summed E-state index contributed by atoms with van der Waals surface area (Å²) in [4.78, 5) is 4.25. The third kappa shape index (κ3) is 2.28. The van der Waals surface area contributed by atoms with Crippen LogP contribution in [0.4, 0.5) is 5.95 Å². The zero-order valence-corrected chi connectivity index (χ0v) is 8.87. The van der Waals surface area contributed by atoms with Gasteiger partial charge in [0.2, 0.25) is 5.95 Å². The Morgan fingerprint density at radius 1 is 1.43 bits per heavy atom. The molecule has 1 N–H and O–H groups in total. The molecule has 0 saturated heterocycles. The summed E-state index contributed by atoms with van der Waals surface area (Å²) in [7, 11) is 2.02. The monoisotopic (exact) mass is 193 g/mol. The molecular formula is C11H19N3. The molecule has 1 aromatic rings. The standard InChI is InChI=1S/C11H19N3/c1-14-8-7-12-11(14)13-9-10-5-3-2-4-6-10/h7-8,10H,2-6,9H2,1H3,(H,12,13). The van der Waals surface area contributed by atoms with Crippen molar-refractivity contribution in [3.8, 4) is 0 Å². The number of nitrogens with zero attached hydrogens (tertiary/aromatic N) is 2. The van der Waals surface area contributed by atoms with Crippen LogP contribution in [-0.2, 0) is 7.05 Å². The highest BCUT2D eigenvalue weighted by Gasteiger charge is 2.13. The topological polar surface area (TPSA) is 29.9 Å². The van der Waals surface area contributed by atoms with Crippen molar-refractivity contribution in [2.24, 2.45) is 13.0 Å². The summed E-state index contributed by atoms with van der Waals surface area (Å²) in [6.45, 7) is 1.09. The molecule has 1 aromatic heterocycles. The third-order valence-corrected chi connectivity index (χ3v) is 3.09. The molecular weight excluding hydrogens is 174 g/mol. The van der Waals surface area contributed by atoms with Gasteiger partial charge in [-0.3, -0.25) is 0 Å². The number of aryl methyl sites for hydroxylation is 1. The molecule has 0 radical (unpaired) electrons. The van der Waals surface area contributed by atoms with Crippen molar-refractivity contribution in [2.45, 2.75) is 32.1 Å². The van der Waals surface area contributed by atoms with Crippen LogP contribution in [-0.4, -0.2) is 16.1 Å². The lowest BCUT2D eigenvalue weighted by Crippen LogP contribution is -2.18. The first-order valence-corrected chi connectivity index (χ1v) is 5.57. The molecule has 3 heteroatoms. The van der Waals surface area contributed by atoms with Crippen LogP contribution in [0.15, 0.2) is 12.4 Å². The van der Waals surface area contributed by atoms with Gasteiger partial charge in [0.25, 0.3) is 0 Å². The molecule has 14 heavy (non-hydrogen) atoms. The lowest BCUT2D eigenvalue weighted by molar-refractivity contribution is 0.373. The van der Waals surface area contributed by atoms with Gasteiger partial charge in [-0.2, -0.15) is 0 Å². The maximum Gasteiger partial charge on any atom is 0.202 e. The van der Waals surface area contributed by atoms with Gasteiger partial charge in [0, 0.05) is 26.0 Å². The summed E-state index contributed by atoms with van der Waals surface area (Å²) >= 11 is 0. The molecule has 1 aliphatic rings. The van der Waals surface area contributed by atoms with Crippen LogP contribution in [0.1, 0.15) is 32.1 Å². The largest absolute Gasteiger partial charge is 0.355 e. The van der Waals surface area contributed by atoms with Crippen molar-refractivity contribution in [3.63, 3.8) is 0 Å². The molecule has 0 atom stereocenters. The summed E-state index contributed by atoms with van der Waals surface area (Å²) in [5, 5.41) is 3.41. The van der Waals surface area contributed by atoms with Gasteiger partial charge in [-0.25, -0.2) is 4.98 Å². The van der Waals surface area contributed by atoms with Gasteiger partial charge in [-0.05, 0) is 18.8 Å². The van der Waals surface area contributed by atoms with Crippen LogP contribution < -0.4 is 5.32 Å². The van der Waals surface area contributed by atoms with E-state index in [-0.39, 0.29) is 0 Å². The molecule has 2 rings (SSSR count). The van der Waals surface area contributed by atoms with Crippen molar-refractivity contribution in [1.82, 2.24) is 9.55 Å². The number of rotatable bonds is 3. The summed E-state index contributed by atoms with van der Waals surface area (Å²) in [5.41, 5.74) is 0. The summed E-state index contributed by atoms with van der Waals surface area (Å²) in [6, 6.07) is 0. The SMILES string of the molecule is Cn1ccnc1NCC1CCCCC1. The van der Waals surface area contributed by atoms with Crippen LogP contribution in [0.5, 0.6) is 0 Å². The van der Waals surface area contributed by atoms with Crippen LogP contribution in [0, 0.1) is 5.92 Å². The summed E-state index contributed by atoms with van der Waals surface area (Å²) in [6.07, 6.45) is 10.8. The van der Waals surface area contributed by atoms with E-state index in [1.807, 2.05) is 24.0 Å². The molecule has 0 amide bonds. The lowest BCUT2D eigenvalue weighted by Gasteiger charge is -2.21. The van der Waals surface area contributed by atoms with Crippen molar-refractivity contribution < 1.29 is 0 Å². The van der Waals surface area contributed by atoms with E-state index in [0.717, 1.165) is 18.4 Å². The average Bonchev–Trinajstić information content (AvgIpc) is 2.63. The lowest BCUT2D eigenvalue weighted by atomic mass is 9.89. The molecule has 0 spiro atoms. The fraction of sp³-hybridized carbons (Fsp3) is 0.727. The number of hydrogen-bond donors (Lipinski definition) is 1. The fourth-order valence-corrected chi connectivity index (χ4v) is 2.16. The van der Waals surface area contributed by atoms with Gasteiger partial charge in [-0.15, -0.1) is 0 Å². The smallest absolute Gasteiger partial charge is 0.202 e. The highest BCUT2D eigenvalue weighted by molar-refractivity contribution is 5.25. The Labute approximate surface area is 85.5 Å². The van der Waals surface area contributed by atoms with Gasteiger partial charge >= 0.3 is 0 Å². The van der Waals surface area contributed by atoms with E-state index in [0.29, 0.717) is 0 Å². The van der Waals surface area contributed by atoms with Crippen molar-refractivity contribution in [2.75, 3.05) is 11.9 Å². The minimum Gasteiger partial charge on any atom is -0.355 e. The molecule has 0 bridgehead atoms. The zero-order valence-electron chi connectivity index (χ0n) is 8.87. The molecule has 1 fully saturated rings. The first-order chi connectivity index (χ1) is 6.86. The highest BCUT2D eigenvalue weighted by Crippen LogP contribution is 2.23. The number of nitrogens with one attached hydrogen (secondary N) is 1. The first kappa shape index (κ1) is 9.56. The van der Waals surface area contributed by atoms with Crippen molar-refractivity contribution in [3.05, 3.63) is 12.4 Å². The van der Waals surface area contributed by atoms with Gasteiger partial charge in [-0.1, -0.05) is 19.3 Å². The van der Waals surface area contributed by atoms with Gasteiger partial charge in [0.05, 0.1) is 0 Å². The molecule has 0 unspecified atom stereocenters. The molecule has 1 heterocycles. The maximum absolute atomic E-state index is 4.25. The Bertz CT molecular complexity index is 274.